The van der Waals surface area contributed by atoms with Gasteiger partial charge in [0.1, 0.15) is 0 Å². The van der Waals surface area contributed by atoms with Crippen LogP contribution in [0.15, 0.2) is 49.1 Å². The van der Waals surface area contributed by atoms with Crippen molar-refractivity contribution in [2.24, 2.45) is 0 Å². The zero-order chi connectivity index (χ0) is 22.6. The third kappa shape index (κ3) is 9.36. The lowest BCUT2D eigenvalue weighted by molar-refractivity contribution is -0.137. The molecule has 0 nitrogen and oxygen atoms in total. The molecule has 0 radical (unpaired) electrons. The standard InChI is InChI=1S/C19H16ClF3.C4H10.C2H6/c1-12(4-6-15-7-9-18(20)14(3)10-15)17-11-16(19(21,22)23)8-5-13(17)2;1-3-4-2;1-2/h4-11H,1H2,2-3H3;3-4H2,1-2H3;1-2H3/b6-4+;;. The van der Waals surface area contributed by atoms with Gasteiger partial charge in [-0.2, -0.15) is 13.2 Å². The maximum Gasteiger partial charge on any atom is 0.416 e. The van der Waals surface area contributed by atoms with Crippen molar-refractivity contribution in [1.82, 2.24) is 0 Å². The summed E-state index contributed by atoms with van der Waals surface area (Å²) in [4.78, 5) is 0. The van der Waals surface area contributed by atoms with E-state index in [1.54, 1.807) is 19.1 Å². The van der Waals surface area contributed by atoms with Gasteiger partial charge in [-0.3, -0.25) is 0 Å². The largest absolute Gasteiger partial charge is 0.416 e. The first-order chi connectivity index (χ1) is 13.6. The molecule has 0 saturated carbocycles. The van der Waals surface area contributed by atoms with E-state index in [1.807, 2.05) is 39.0 Å². The van der Waals surface area contributed by atoms with E-state index in [-0.39, 0.29) is 0 Å². The maximum absolute atomic E-state index is 12.8. The number of aryl methyl sites for hydroxylation is 2. The van der Waals surface area contributed by atoms with Gasteiger partial charge in [-0.25, -0.2) is 0 Å². The maximum atomic E-state index is 12.8. The van der Waals surface area contributed by atoms with Crippen molar-refractivity contribution in [2.45, 2.75) is 60.6 Å². The first-order valence-electron chi connectivity index (χ1n) is 9.91. The van der Waals surface area contributed by atoms with Crippen LogP contribution < -0.4 is 0 Å². The van der Waals surface area contributed by atoms with Gasteiger partial charge in [-0.15, -0.1) is 0 Å². The fraction of sp³-hybridized carbons (Fsp3) is 0.360. The second kappa shape index (κ2) is 13.3. The molecule has 2 aromatic rings. The van der Waals surface area contributed by atoms with Crippen molar-refractivity contribution >= 4 is 23.3 Å². The third-order valence-corrected chi connectivity index (χ3v) is 4.49. The van der Waals surface area contributed by atoms with Crippen molar-refractivity contribution in [2.75, 3.05) is 0 Å². The van der Waals surface area contributed by atoms with Crippen LogP contribution >= 0.6 is 11.6 Å². The molecule has 0 unspecified atom stereocenters. The first-order valence-corrected chi connectivity index (χ1v) is 10.3. The van der Waals surface area contributed by atoms with E-state index in [0.29, 0.717) is 16.2 Å². The summed E-state index contributed by atoms with van der Waals surface area (Å²) in [6, 6.07) is 9.22. The van der Waals surface area contributed by atoms with Crippen LogP contribution in [0, 0.1) is 13.8 Å². The molecule has 0 aliphatic heterocycles. The molecule has 0 bridgehead atoms. The minimum Gasteiger partial charge on any atom is -0.166 e. The molecule has 0 fully saturated rings. The van der Waals surface area contributed by atoms with Crippen molar-refractivity contribution < 1.29 is 13.2 Å². The van der Waals surface area contributed by atoms with Crippen LogP contribution in [-0.4, -0.2) is 0 Å². The van der Waals surface area contributed by atoms with Crippen molar-refractivity contribution in [3.8, 4) is 0 Å². The Morgan fingerprint density at radius 3 is 2.03 bits per heavy atom. The van der Waals surface area contributed by atoms with Gasteiger partial charge in [0, 0.05) is 5.02 Å². The van der Waals surface area contributed by atoms with Crippen LogP contribution in [-0.2, 0) is 6.18 Å². The van der Waals surface area contributed by atoms with Crippen LogP contribution in [0.25, 0.3) is 11.6 Å². The second-order valence-electron chi connectivity index (χ2n) is 6.39. The highest BCUT2D eigenvalue weighted by atomic mass is 35.5. The molecule has 0 atom stereocenters. The molecular weight excluding hydrogens is 393 g/mol. The van der Waals surface area contributed by atoms with Gasteiger partial charge < -0.3 is 0 Å². The van der Waals surface area contributed by atoms with Crippen LogP contribution in [0.1, 0.15) is 68.4 Å². The zero-order valence-electron chi connectivity index (χ0n) is 18.3. The Hall–Kier alpha value is -2.00. The van der Waals surface area contributed by atoms with E-state index in [4.69, 9.17) is 11.6 Å². The summed E-state index contributed by atoms with van der Waals surface area (Å²) in [5.74, 6) is 0. The minimum atomic E-state index is -4.36. The van der Waals surface area contributed by atoms with Crippen molar-refractivity contribution in [1.29, 1.82) is 0 Å². The summed E-state index contributed by atoms with van der Waals surface area (Å²) in [7, 11) is 0. The highest BCUT2D eigenvalue weighted by Gasteiger charge is 2.30. The molecule has 0 saturated heterocycles. The molecule has 0 aliphatic rings. The number of allylic oxidation sites excluding steroid dienone is 2. The quantitative estimate of drug-likeness (QED) is 0.428. The highest BCUT2D eigenvalue weighted by Crippen LogP contribution is 2.32. The molecule has 2 aromatic carbocycles. The Bertz CT molecular complexity index is 800. The van der Waals surface area contributed by atoms with Crippen LogP contribution in [0.2, 0.25) is 5.02 Å². The van der Waals surface area contributed by atoms with Gasteiger partial charge in [0.05, 0.1) is 5.56 Å². The normalized spacial score (nSPS) is 10.7. The molecule has 29 heavy (non-hydrogen) atoms. The molecule has 160 valence electrons. The van der Waals surface area contributed by atoms with E-state index < -0.39 is 11.7 Å². The van der Waals surface area contributed by atoms with E-state index in [1.165, 1.54) is 18.9 Å². The molecule has 0 aliphatic carbocycles. The molecule has 4 heteroatoms. The molecule has 0 N–H and O–H groups in total. The minimum absolute atomic E-state index is 0.488. The van der Waals surface area contributed by atoms with Crippen molar-refractivity contribution in [3.05, 3.63) is 81.9 Å². The third-order valence-electron chi connectivity index (χ3n) is 4.07. The Morgan fingerprint density at radius 1 is 0.966 bits per heavy atom. The highest BCUT2D eigenvalue weighted by molar-refractivity contribution is 6.31. The summed E-state index contributed by atoms with van der Waals surface area (Å²) in [6.07, 6.45) is 1.80. The van der Waals surface area contributed by atoms with E-state index in [0.717, 1.165) is 28.8 Å². The number of hydrogen-bond donors (Lipinski definition) is 0. The smallest absolute Gasteiger partial charge is 0.166 e. The zero-order valence-corrected chi connectivity index (χ0v) is 19.0. The summed E-state index contributed by atoms with van der Waals surface area (Å²) < 4.78 is 38.5. The predicted octanol–water partition coefficient (Wildman–Crippen LogP) is 9.53. The lowest BCUT2D eigenvalue weighted by atomic mass is 9.98. The van der Waals surface area contributed by atoms with Gasteiger partial charge in [0.15, 0.2) is 0 Å². The number of halogens is 4. The molecule has 0 heterocycles. The Labute approximate surface area is 179 Å². The molecule has 0 spiro atoms. The second-order valence-corrected chi connectivity index (χ2v) is 6.80. The lowest BCUT2D eigenvalue weighted by Crippen LogP contribution is -2.05. The fourth-order valence-electron chi connectivity index (χ4n) is 2.20. The van der Waals surface area contributed by atoms with E-state index >= 15 is 0 Å². The number of alkyl halides is 3. The average Bonchev–Trinajstić information content (AvgIpc) is 2.69. The fourth-order valence-corrected chi connectivity index (χ4v) is 2.32. The number of hydrogen-bond acceptors (Lipinski definition) is 0. The van der Waals surface area contributed by atoms with Gasteiger partial charge in [-0.1, -0.05) is 89.1 Å². The van der Waals surface area contributed by atoms with Crippen molar-refractivity contribution in [3.63, 3.8) is 0 Å². The van der Waals surface area contributed by atoms with E-state index in [2.05, 4.69) is 20.4 Å². The summed E-state index contributed by atoms with van der Waals surface area (Å²) in [5.41, 5.74) is 2.95. The summed E-state index contributed by atoms with van der Waals surface area (Å²) in [6.45, 7) is 15.9. The summed E-state index contributed by atoms with van der Waals surface area (Å²) in [5, 5.41) is 0.676. The topological polar surface area (TPSA) is 0 Å². The van der Waals surface area contributed by atoms with Gasteiger partial charge in [0.2, 0.25) is 0 Å². The van der Waals surface area contributed by atoms with Crippen LogP contribution in [0.3, 0.4) is 0 Å². The Kier molecular flexibility index (Phi) is 12.4. The van der Waals surface area contributed by atoms with Crippen LogP contribution in [0.5, 0.6) is 0 Å². The lowest BCUT2D eigenvalue weighted by Gasteiger charge is -2.11. The average molecular weight is 425 g/mol. The molecule has 0 amide bonds. The number of unbranched alkanes of at least 4 members (excludes halogenated alkanes) is 1. The number of benzene rings is 2. The Morgan fingerprint density at radius 2 is 1.55 bits per heavy atom. The van der Waals surface area contributed by atoms with Gasteiger partial charge in [-0.05, 0) is 59.9 Å². The van der Waals surface area contributed by atoms with E-state index in [9.17, 15) is 13.2 Å². The molecule has 0 aromatic heterocycles. The van der Waals surface area contributed by atoms with Crippen LogP contribution in [0.4, 0.5) is 13.2 Å². The van der Waals surface area contributed by atoms with Gasteiger partial charge in [0.25, 0.3) is 0 Å². The number of rotatable bonds is 4. The predicted molar refractivity (Wildman–Crippen MR) is 122 cm³/mol. The SMILES string of the molecule is C=C(/C=C/c1ccc(Cl)c(C)c1)c1cc(C(F)(F)F)ccc1C.CC.CCCC. The molecule has 2 rings (SSSR count). The monoisotopic (exact) mass is 424 g/mol. The first kappa shape index (κ1) is 27.0. The molecular formula is C25H32ClF3. The summed E-state index contributed by atoms with van der Waals surface area (Å²) >= 11 is 5.97. The van der Waals surface area contributed by atoms with Gasteiger partial charge >= 0.3 is 6.18 Å². The Balaban J connectivity index is 0.00000116.